The topological polar surface area (TPSA) is 115 Å². The maximum atomic E-state index is 13.2. The molecule has 0 radical (unpaired) electrons. The van der Waals surface area contributed by atoms with Crippen LogP contribution in [0.3, 0.4) is 0 Å². The van der Waals surface area contributed by atoms with Gasteiger partial charge in [-0.25, -0.2) is 8.78 Å². The third-order valence-corrected chi connectivity index (χ3v) is 8.86. The van der Waals surface area contributed by atoms with E-state index in [0.29, 0.717) is 40.3 Å². The number of carbonyl (C=O) groups excluding carboxylic acids is 1. The highest BCUT2D eigenvalue weighted by Gasteiger charge is 2.22. The highest BCUT2D eigenvalue weighted by molar-refractivity contribution is 6.67. The predicted octanol–water partition coefficient (Wildman–Crippen LogP) is 9.46. The third kappa shape index (κ3) is 11.4. The van der Waals surface area contributed by atoms with Crippen LogP contribution in [-0.2, 0) is 0 Å². The maximum absolute atomic E-state index is 13.2. The first kappa shape index (κ1) is 37.5. The SMILES string of the molecule is Fc1cccc(C#Cc2ccc(-c3nc(C4CCCC4)no3)cc2)c1.N/C(=N\O)C1CCCC1.O=C(Cl)c1ccc(C#Cc2cccc(F)c2)cc1. The molecule has 0 aliphatic heterocycles. The van der Waals surface area contributed by atoms with E-state index in [4.69, 9.17) is 27.1 Å². The average molecular weight is 719 g/mol. The second-order valence-electron chi connectivity index (χ2n) is 12.4. The lowest BCUT2D eigenvalue weighted by atomic mass is 10.1. The molecule has 264 valence electrons. The van der Waals surface area contributed by atoms with Gasteiger partial charge in [-0.2, -0.15) is 4.98 Å². The van der Waals surface area contributed by atoms with Crippen molar-refractivity contribution in [2.45, 2.75) is 57.3 Å². The minimum atomic E-state index is -0.500. The Morgan fingerprint density at radius 3 is 1.75 bits per heavy atom. The first-order valence-electron chi connectivity index (χ1n) is 17.0. The summed E-state index contributed by atoms with van der Waals surface area (Å²) < 4.78 is 31.5. The zero-order valence-corrected chi connectivity index (χ0v) is 29.1. The molecule has 52 heavy (non-hydrogen) atoms. The zero-order chi connectivity index (χ0) is 36.7. The van der Waals surface area contributed by atoms with E-state index in [1.165, 1.54) is 49.9 Å². The molecular formula is C42H37ClF2N4O3. The molecule has 2 fully saturated rings. The fourth-order valence-corrected chi connectivity index (χ4v) is 5.93. The Balaban J connectivity index is 0.000000168. The first-order chi connectivity index (χ1) is 25.3. The highest BCUT2D eigenvalue weighted by Crippen LogP contribution is 2.33. The summed E-state index contributed by atoms with van der Waals surface area (Å²) in [5.41, 5.74) is 9.53. The molecule has 0 spiro atoms. The van der Waals surface area contributed by atoms with Crippen LogP contribution in [-0.4, -0.2) is 26.4 Å². The predicted molar refractivity (Wildman–Crippen MR) is 198 cm³/mol. The Labute approximate surface area is 306 Å². The van der Waals surface area contributed by atoms with Crippen molar-refractivity contribution in [3.05, 3.63) is 142 Å². The van der Waals surface area contributed by atoms with Crippen LogP contribution < -0.4 is 5.73 Å². The quantitative estimate of drug-likeness (QED) is 0.0478. The summed E-state index contributed by atoms with van der Waals surface area (Å²) in [5, 5.41) is 14.9. The van der Waals surface area contributed by atoms with Crippen molar-refractivity contribution in [3.8, 4) is 35.1 Å². The van der Waals surface area contributed by atoms with Gasteiger partial charge in [-0.3, -0.25) is 4.79 Å². The van der Waals surface area contributed by atoms with Crippen molar-refractivity contribution in [1.82, 2.24) is 10.1 Å². The Morgan fingerprint density at radius 1 is 0.750 bits per heavy atom. The number of nitrogens with zero attached hydrogens (tertiary/aromatic N) is 3. The van der Waals surface area contributed by atoms with Crippen molar-refractivity contribution in [2.75, 3.05) is 0 Å². The van der Waals surface area contributed by atoms with Gasteiger partial charge >= 0.3 is 0 Å². The number of hydrogen-bond donors (Lipinski definition) is 2. The smallest absolute Gasteiger partial charge is 0.257 e. The molecule has 0 amide bonds. The minimum Gasteiger partial charge on any atom is -0.409 e. The molecule has 0 unspecified atom stereocenters. The van der Waals surface area contributed by atoms with Crippen LogP contribution in [0.5, 0.6) is 0 Å². The van der Waals surface area contributed by atoms with Gasteiger partial charge in [0, 0.05) is 45.2 Å². The molecule has 1 heterocycles. The summed E-state index contributed by atoms with van der Waals surface area (Å²) in [4.78, 5) is 15.4. The third-order valence-electron chi connectivity index (χ3n) is 8.65. The van der Waals surface area contributed by atoms with Gasteiger partial charge in [0.05, 0.1) is 0 Å². The molecule has 0 atom stereocenters. The number of hydrogen-bond acceptors (Lipinski definition) is 6. The number of aromatic nitrogens is 2. The summed E-state index contributed by atoms with van der Waals surface area (Å²) in [7, 11) is 0. The van der Waals surface area contributed by atoms with Crippen LogP contribution in [0, 0.1) is 41.2 Å². The van der Waals surface area contributed by atoms with E-state index in [0.717, 1.165) is 48.2 Å². The lowest BCUT2D eigenvalue weighted by molar-refractivity contribution is 0.108. The summed E-state index contributed by atoms with van der Waals surface area (Å²) in [6.45, 7) is 0. The van der Waals surface area contributed by atoms with Crippen molar-refractivity contribution in [3.63, 3.8) is 0 Å². The van der Waals surface area contributed by atoms with Gasteiger partial charge in [0.1, 0.15) is 17.5 Å². The Bertz CT molecular complexity index is 2100. The molecule has 10 heteroatoms. The largest absolute Gasteiger partial charge is 0.409 e. The van der Waals surface area contributed by atoms with E-state index >= 15 is 0 Å². The molecule has 0 bridgehead atoms. The lowest BCUT2D eigenvalue weighted by Gasteiger charge is -2.03. The number of nitrogens with two attached hydrogens (primary N) is 1. The molecule has 0 saturated heterocycles. The molecule has 3 N–H and O–H groups in total. The minimum absolute atomic E-state index is 0.281. The number of benzene rings is 4. The maximum Gasteiger partial charge on any atom is 0.257 e. The van der Waals surface area contributed by atoms with E-state index in [9.17, 15) is 13.6 Å². The van der Waals surface area contributed by atoms with E-state index in [1.807, 2.05) is 24.3 Å². The van der Waals surface area contributed by atoms with E-state index in [2.05, 4.69) is 39.0 Å². The van der Waals surface area contributed by atoms with Crippen LogP contribution in [0.4, 0.5) is 8.78 Å². The summed E-state index contributed by atoms with van der Waals surface area (Å²) in [6.07, 6.45) is 9.41. The lowest BCUT2D eigenvalue weighted by Crippen LogP contribution is -2.20. The van der Waals surface area contributed by atoms with Crippen LogP contribution in [0.15, 0.2) is 107 Å². The molecule has 2 saturated carbocycles. The van der Waals surface area contributed by atoms with Crippen molar-refractivity contribution in [1.29, 1.82) is 0 Å². The summed E-state index contributed by atoms with van der Waals surface area (Å²) in [5.74, 6) is 13.7. The second-order valence-corrected chi connectivity index (χ2v) is 12.7. The normalized spacial score (nSPS) is 14.1. The standard InChI is InChI=1S/C21H17FN2O.C15H8ClFO.C6H12N2O/c22-19-7-3-4-16(14-19)9-8-15-10-12-18(13-11-15)21-23-20(24-25-21)17-5-1-2-6-17;16-15(18)13-8-6-11(7-9-13)4-5-12-2-1-3-14(17)10-12;7-6(8-9)5-3-1-2-4-5/h3-4,7,10-14,17H,1-2,5-6H2;1-3,6-10H;5,9H,1-4H2,(H2,7,8). The van der Waals surface area contributed by atoms with Gasteiger partial charge in [-0.05, 0) is 122 Å². The molecular weight excluding hydrogens is 682 g/mol. The number of halogens is 3. The van der Waals surface area contributed by atoms with Crippen molar-refractivity contribution in [2.24, 2.45) is 16.8 Å². The van der Waals surface area contributed by atoms with Gasteiger partial charge < -0.3 is 15.5 Å². The van der Waals surface area contributed by atoms with Gasteiger partial charge in [-0.15, -0.1) is 0 Å². The van der Waals surface area contributed by atoms with Gasteiger partial charge in [0.15, 0.2) is 5.82 Å². The summed E-state index contributed by atoms with van der Waals surface area (Å²) in [6, 6.07) is 26.6. The summed E-state index contributed by atoms with van der Waals surface area (Å²) >= 11 is 5.33. The monoisotopic (exact) mass is 718 g/mol. The number of oxime groups is 1. The number of rotatable bonds is 4. The molecule has 7 nitrogen and oxygen atoms in total. The Morgan fingerprint density at radius 2 is 1.25 bits per heavy atom. The zero-order valence-electron chi connectivity index (χ0n) is 28.4. The average Bonchev–Trinajstić information content (AvgIpc) is 3.98. The fraction of sp³-hybridized carbons (Fsp3) is 0.238. The van der Waals surface area contributed by atoms with Crippen LogP contribution >= 0.6 is 11.6 Å². The van der Waals surface area contributed by atoms with Crippen molar-refractivity contribution >= 4 is 22.7 Å². The van der Waals surface area contributed by atoms with Crippen LogP contribution in [0.1, 0.15) is 95.7 Å². The van der Waals surface area contributed by atoms with Crippen molar-refractivity contribution < 1.29 is 23.3 Å². The fourth-order valence-electron chi connectivity index (χ4n) is 5.81. The second kappa shape index (κ2) is 19.0. The van der Waals surface area contributed by atoms with Crippen LogP contribution in [0.2, 0.25) is 0 Å². The molecule has 2 aliphatic rings. The van der Waals surface area contributed by atoms with E-state index in [-0.39, 0.29) is 11.6 Å². The van der Waals surface area contributed by atoms with Gasteiger partial charge in [0.25, 0.3) is 11.1 Å². The van der Waals surface area contributed by atoms with Gasteiger partial charge in [-0.1, -0.05) is 71.8 Å². The molecule has 4 aromatic carbocycles. The van der Waals surface area contributed by atoms with E-state index < -0.39 is 5.24 Å². The molecule has 5 aromatic rings. The molecule has 1 aromatic heterocycles. The number of carbonyl (C=O) groups is 1. The first-order valence-corrected chi connectivity index (χ1v) is 17.4. The Hall–Kier alpha value is -5.77. The molecule has 7 rings (SSSR count). The molecule has 2 aliphatic carbocycles. The number of amidine groups is 1. The Kier molecular flexibility index (Phi) is 13.7. The van der Waals surface area contributed by atoms with Crippen LogP contribution in [0.25, 0.3) is 11.5 Å². The highest BCUT2D eigenvalue weighted by atomic mass is 35.5. The van der Waals surface area contributed by atoms with Gasteiger partial charge in [0.2, 0.25) is 0 Å². The van der Waals surface area contributed by atoms with E-state index in [1.54, 1.807) is 48.5 Å².